The van der Waals surface area contributed by atoms with Crippen molar-refractivity contribution in [3.8, 4) is 5.75 Å². The van der Waals surface area contributed by atoms with Gasteiger partial charge in [0, 0.05) is 10.8 Å². The maximum atomic E-state index is 11.6. The molecule has 0 aliphatic heterocycles. The number of unbranched alkanes of at least 4 members (excludes halogenated alkanes) is 4. The molecule has 0 amide bonds. The van der Waals surface area contributed by atoms with Crippen LogP contribution in [0.5, 0.6) is 5.75 Å². The number of aliphatic hydroxyl groups excluding tert-OH is 1. The van der Waals surface area contributed by atoms with Crippen LogP contribution in [0.1, 0.15) is 94.6 Å². The lowest BCUT2D eigenvalue weighted by Gasteiger charge is -2.43. The lowest BCUT2D eigenvalue weighted by molar-refractivity contribution is -0.0108. The first-order valence-electron chi connectivity index (χ1n) is 12.9. The van der Waals surface area contributed by atoms with Gasteiger partial charge in [0.2, 0.25) is 0 Å². The fourth-order valence-corrected chi connectivity index (χ4v) is 5.52. The maximum absolute atomic E-state index is 11.6. The summed E-state index contributed by atoms with van der Waals surface area (Å²) in [6.45, 7) is 4.95. The quantitative estimate of drug-likeness (QED) is 0.305. The van der Waals surface area contributed by atoms with E-state index in [2.05, 4.69) is 32.0 Å². The van der Waals surface area contributed by atoms with Crippen LogP contribution < -0.4 is 4.74 Å². The second-order valence-electron chi connectivity index (χ2n) is 9.79. The number of benzene rings is 2. The molecule has 176 valence electrons. The Labute approximate surface area is 199 Å². The normalized spacial score (nSPS) is 17.1. The molecule has 1 heterocycles. The Bertz CT molecular complexity index is 1030. The molecule has 0 saturated heterocycles. The zero-order valence-electron chi connectivity index (χ0n) is 20.4. The van der Waals surface area contributed by atoms with Gasteiger partial charge in [-0.15, -0.1) is 0 Å². The highest BCUT2D eigenvalue weighted by Crippen LogP contribution is 2.52. The third-order valence-corrected chi connectivity index (χ3v) is 7.50. The largest absolute Gasteiger partial charge is 0.487 e. The van der Waals surface area contributed by atoms with Crippen molar-refractivity contribution in [1.82, 2.24) is 4.98 Å². The van der Waals surface area contributed by atoms with Crippen molar-refractivity contribution >= 4 is 10.9 Å². The first kappa shape index (κ1) is 23.8. The van der Waals surface area contributed by atoms with Gasteiger partial charge in [0.1, 0.15) is 12.4 Å². The minimum atomic E-state index is -0.405. The van der Waals surface area contributed by atoms with Crippen LogP contribution in [0.3, 0.4) is 0 Å². The van der Waals surface area contributed by atoms with Crippen molar-refractivity contribution in [1.29, 1.82) is 0 Å². The van der Waals surface area contributed by atoms with Crippen LogP contribution in [-0.2, 0) is 13.0 Å². The van der Waals surface area contributed by atoms with Crippen LogP contribution in [0.25, 0.3) is 10.9 Å². The van der Waals surface area contributed by atoms with Gasteiger partial charge in [0.25, 0.3) is 0 Å². The van der Waals surface area contributed by atoms with E-state index in [1.54, 1.807) is 0 Å². The van der Waals surface area contributed by atoms with Gasteiger partial charge in [0.15, 0.2) is 0 Å². The molecule has 1 aromatic heterocycles. The third-order valence-electron chi connectivity index (χ3n) is 7.50. The Hall–Kier alpha value is -2.39. The van der Waals surface area contributed by atoms with E-state index >= 15 is 0 Å². The van der Waals surface area contributed by atoms with Crippen LogP contribution >= 0.6 is 0 Å². The molecule has 1 aliphatic carbocycles. The summed E-state index contributed by atoms with van der Waals surface area (Å²) in [5.41, 5.74) is 4.20. The average Bonchev–Trinajstić information content (AvgIpc) is 2.85. The van der Waals surface area contributed by atoms with E-state index in [1.807, 2.05) is 36.4 Å². The molecule has 4 rings (SSSR count). The molecule has 3 nitrogen and oxygen atoms in total. The van der Waals surface area contributed by atoms with Gasteiger partial charge in [-0.1, -0.05) is 88.8 Å². The summed E-state index contributed by atoms with van der Waals surface area (Å²) in [7, 11) is 0. The SMILES string of the molecule is CCCCCC1(CCCCC)CCc2c(OCc3ccc4ccccc4n3)cccc2C1O. The molecule has 1 aliphatic rings. The lowest BCUT2D eigenvalue weighted by Crippen LogP contribution is -2.34. The van der Waals surface area contributed by atoms with Gasteiger partial charge in [-0.25, -0.2) is 4.98 Å². The second-order valence-corrected chi connectivity index (χ2v) is 9.79. The fourth-order valence-electron chi connectivity index (χ4n) is 5.52. The number of nitrogens with zero attached hydrogens (tertiary/aromatic N) is 1. The highest BCUT2D eigenvalue weighted by Gasteiger charge is 2.42. The minimum absolute atomic E-state index is 0.00979. The number of pyridine rings is 1. The van der Waals surface area contributed by atoms with Crippen LogP contribution in [0, 0.1) is 5.41 Å². The molecule has 1 unspecified atom stereocenters. The number of aliphatic hydroxyl groups is 1. The molecular weight excluding hydrogens is 406 g/mol. The first-order valence-corrected chi connectivity index (χ1v) is 12.9. The van der Waals surface area contributed by atoms with Gasteiger partial charge in [0.05, 0.1) is 17.3 Å². The lowest BCUT2D eigenvalue weighted by atomic mass is 9.64. The predicted molar refractivity (Wildman–Crippen MR) is 137 cm³/mol. The Morgan fingerprint density at radius 1 is 0.909 bits per heavy atom. The van der Waals surface area contributed by atoms with Crippen molar-refractivity contribution < 1.29 is 9.84 Å². The highest BCUT2D eigenvalue weighted by atomic mass is 16.5. The van der Waals surface area contributed by atoms with Crippen LogP contribution in [0.2, 0.25) is 0 Å². The number of fused-ring (bicyclic) bond motifs is 2. The number of aromatic nitrogens is 1. The van der Waals surface area contributed by atoms with E-state index in [1.165, 1.54) is 44.1 Å². The van der Waals surface area contributed by atoms with E-state index < -0.39 is 6.10 Å². The molecule has 1 atom stereocenters. The van der Waals surface area contributed by atoms with Gasteiger partial charge in [-0.05, 0) is 55.0 Å². The highest BCUT2D eigenvalue weighted by molar-refractivity contribution is 5.78. The first-order chi connectivity index (χ1) is 16.2. The number of hydrogen-bond acceptors (Lipinski definition) is 3. The second kappa shape index (κ2) is 11.2. The zero-order chi connectivity index (χ0) is 23.1. The van der Waals surface area contributed by atoms with Gasteiger partial charge >= 0.3 is 0 Å². The molecule has 0 spiro atoms. The Morgan fingerprint density at radius 2 is 1.67 bits per heavy atom. The Balaban J connectivity index is 1.52. The van der Waals surface area contributed by atoms with Crippen molar-refractivity contribution in [3.63, 3.8) is 0 Å². The molecule has 0 fully saturated rings. The minimum Gasteiger partial charge on any atom is -0.487 e. The van der Waals surface area contributed by atoms with Gasteiger partial charge in [-0.3, -0.25) is 0 Å². The summed E-state index contributed by atoms with van der Waals surface area (Å²) in [5, 5.41) is 12.8. The zero-order valence-corrected chi connectivity index (χ0v) is 20.4. The van der Waals surface area contributed by atoms with Crippen molar-refractivity contribution in [2.75, 3.05) is 0 Å². The summed E-state index contributed by atoms with van der Waals surface area (Å²) >= 11 is 0. The van der Waals surface area contributed by atoms with E-state index in [4.69, 9.17) is 9.72 Å². The van der Waals surface area contributed by atoms with E-state index in [0.717, 1.165) is 53.6 Å². The monoisotopic (exact) mass is 445 g/mol. The fraction of sp³-hybridized carbons (Fsp3) is 0.500. The predicted octanol–water partition coefficient (Wildman–Crippen LogP) is 7.94. The molecule has 33 heavy (non-hydrogen) atoms. The number of hydrogen-bond donors (Lipinski definition) is 1. The Kier molecular flexibility index (Phi) is 8.03. The van der Waals surface area contributed by atoms with Gasteiger partial charge in [-0.2, -0.15) is 0 Å². The summed E-state index contributed by atoms with van der Waals surface area (Å²) in [6.07, 6.45) is 11.2. The third kappa shape index (κ3) is 5.41. The smallest absolute Gasteiger partial charge is 0.130 e. The molecule has 0 saturated carbocycles. The van der Waals surface area contributed by atoms with E-state index in [0.29, 0.717) is 6.61 Å². The topological polar surface area (TPSA) is 42.4 Å². The maximum Gasteiger partial charge on any atom is 0.130 e. The molecule has 3 heteroatoms. The molecule has 1 N–H and O–H groups in total. The summed E-state index contributed by atoms with van der Waals surface area (Å²) < 4.78 is 6.28. The number of rotatable bonds is 11. The van der Waals surface area contributed by atoms with Crippen LogP contribution in [0.4, 0.5) is 0 Å². The van der Waals surface area contributed by atoms with Crippen molar-refractivity contribution in [2.45, 2.75) is 90.8 Å². The van der Waals surface area contributed by atoms with Crippen LogP contribution in [0.15, 0.2) is 54.6 Å². The van der Waals surface area contributed by atoms with E-state index in [9.17, 15) is 5.11 Å². The average molecular weight is 446 g/mol. The summed E-state index contributed by atoms with van der Waals surface area (Å²) in [6, 6.07) is 18.5. The summed E-state index contributed by atoms with van der Waals surface area (Å²) in [5.74, 6) is 0.900. The molecule has 0 bridgehead atoms. The summed E-state index contributed by atoms with van der Waals surface area (Å²) in [4.78, 5) is 4.75. The van der Waals surface area contributed by atoms with Crippen molar-refractivity contribution in [2.24, 2.45) is 5.41 Å². The molecule has 2 aromatic carbocycles. The molecule has 0 radical (unpaired) electrons. The Morgan fingerprint density at radius 3 is 2.42 bits per heavy atom. The van der Waals surface area contributed by atoms with E-state index in [-0.39, 0.29) is 5.41 Å². The van der Waals surface area contributed by atoms with Crippen LogP contribution in [-0.4, -0.2) is 10.1 Å². The molecular formula is C30H39NO2. The molecule has 3 aromatic rings. The number of para-hydroxylation sites is 1. The van der Waals surface area contributed by atoms with Gasteiger partial charge < -0.3 is 9.84 Å². The van der Waals surface area contributed by atoms with Crippen molar-refractivity contribution in [3.05, 3.63) is 71.4 Å². The number of ether oxygens (including phenoxy) is 1. The standard InChI is InChI=1S/C30H39NO2/c1-3-5-9-19-30(20-10-6-4-2)21-18-25-26(29(30)32)13-11-15-28(25)33-22-24-17-16-23-12-7-8-14-27(23)31-24/h7-8,11-17,29,32H,3-6,9-10,18-22H2,1-2H3.